The molecule has 3 rings (SSSR count). The second kappa shape index (κ2) is 7.16. The van der Waals surface area contributed by atoms with Crippen molar-refractivity contribution in [3.63, 3.8) is 0 Å². The third-order valence-electron chi connectivity index (χ3n) is 3.53. The fourth-order valence-corrected chi connectivity index (χ4v) is 2.60. The van der Waals surface area contributed by atoms with Gasteiger partial charge in [0.1, 0.15) is 11.6 Å². The first-order valence-corrected chi connectivity index (χ1v) is 8.14. The molecule has 5 nitrogen and oxygen atoms in total. The number of aliphatic carboxylic acids is 1. The van der Waals surface area contributed by atoms with Gasteiger partial charge < -0.3 is 5.11 Å². The summed E-state index contributed by atoms with van der Waals surface area (Å²) >= 11 is 3.39. The van der Waals surface area contributed by atoms with Crippen LogP contribution in [0, 0.1) is 11.3 Å². The second-order valence-electron chi connectivity index (χ2n) is 5.20. The molecule has 0 radical (unpaired) electrons. The number of rotatable bonds is 4. The van der Waals surface area contributed by atoms with Crippen LogP contribution in [0.3, 0.4) is 0 Å². The first-order chi connectivity index (χ1) is 12.1. The molecule has 1 N–H and O–H groups in total. The molecule has 1 heterocycles. The van der Waals surface area contributed by atoms with E-state index in [9.17, 15) is 4.79 Å². The van der Waals surface area contributed by atoms with Gasteiger partial charge in [-0.25, -0.2) is 9.48 Å². The van der Waals surface area contributed by atoms with Crippen molar-refractivity contribution in [2.45, 2.75) is 0 Å². The van der Waals surface area contributed by atoms with E-state index in [0.29, 0.717) is 11.3 Å². The number of hydrogen-bond acceptors (Lipinski definition) is 3. The summed E-state index contributed by atoms with van der Waals surface area (Å²) in [7, 11) is 0. The minimum Gasteiger partial charge on any atom is -0.477 e. The Morgan fingerprint density at radius 3 is 2.44 bits per heavy atom. The van der Waals surface area contributed by atoms with Crippen molar-refractivity contribution in [1.29, 1.82) is 5.26 Å². The predicted octanol–water partition coefficient (Wildman–Crippen LogP) is 4.29. The SMILES string of the molecule is N#C/C(=C\c1cn(-c2ccccc2)nc1-c1ccc(Br)cc1)C(=O)O. The molecular weight excluding hydrogens is 382 g/mol. The van der Waals surface area contributed by atoms with Gasteiger partial charge in [-0.3, -0.25) is 0 Å². The van der Waals surface area contributed by atoms with E-state index in [-0.39, 0.29) is 5.57 Å². The third kappa shape index (κ3) is 3.67. The molecule has 0 bridgehead atoms. The molecule has 0 saturated carbocycles. The Labute approximate surface area is 152 Å². The van der Waals surface area contributed by atoms with E-state index in [4.69, 9.17) is 10.4 Å². The summed E-state index contributed by atoms with van der Waals surface area (Å²) < 4.78 is 2.60. The molecule has 25 heavy (non-hydrogen) atoms. The van der Waals surface area contributed by atoms with Gasteiger partial charge in [-0.2, -0.15) is 10.4 Å². The molecule has 0 aliphatic carbocycles. The molecule has 0 amide bonds. The molecule has 0 fully saturated rings. The second-order valence-corrected chi connectivity index (χ2v) is 6.11. The van der Waals surface area contributed by atoms with Crippen molar-refractivity contribution in [2.24, 2.45) is 0 Å². The zero-order valence-electron chi connectivity index (χ0n) is 12.9. The van der Waals surface area contributed by atoms with E-state index in [1.54, 1.807) is 16.9 Å². The van der Waals surface area contributed by atoms with E-state index in [0.717, 1.165) is 15.7 Å². The number of para-hydroxylation sites is 1. The largest absolute Gasteiger partial charge is 0.477 e. The Morgan fingerprint density at radius 1 is 1.16 bits per heavy atom. The zero-order chi connectivity index (χ0) is 17.8. The summed E-state index contributed by atoms with van der Waals surface area (Å²) in [6.07, 6.45) is 3.05. The Kier molecular flexibility index (Phi) is 4.78. The quantitative estimate of drug-likeness (QED) is 0.529. The molecular formula is C19H12BrN3O2. The van der Waals surface area contributed by atoms with E-state index in [1.807, 2.05) is 54.6 Å². The lowest BCUT2D eigenvalue weighted by molar-refractivity contribution is -0.132. The van der Waals surface area contributed by atoms with Gasteiger partial charge in [0, 0.05) is 21.8 Å². The van der Waals surface area contributed by atoms with Crippen LogP contribution in [0.4, 0.5) is 0 Å². The van der Waals surface area contributed by atoms with Crippen LogP contribution in [0.15, 0.2) is 70.8 Å². The summed E-state index contributed by atoms with van der Waals surface area (Å²) in [5, 5.41) is 22.8. The Bertz CT molecular complexity index is 984. The van der Waals surface area contributed by atoms with Crippen LogP contribution in [0.25, 0.3) is 23.0 Å². The van der Waals surface area contributed by atoms with Crippen molar-refractivity contribution in [2.75, 3.05) is 0 Å². The average molecular weight is 394 g/mol. The first-order valence-electron chi connectivity index (χ1n) is 7.34. The number of carbonyl (C=O) groups is 1. The number of benzene rings is 2. The van der Waals surface area contributed by atoms with Crippen LogP contribution >= 0.6 is 15.9 Å². The molecule has 0 aliphatic heterocycles. The van der Waals surface area contributed by atoms with Gasteiger partial charge in [0.25, 0.3) is 0 Å². The van der Waals surface area contributed by atoms with Crippen LogP contribution < -0.4 is 0 Å². The molecule has 3 aromatic rings. The smallest absolute Gasteiger partial charge is 0.346 e. The van der Waals surface area contributed by atoms with Crippen LogP contribution in [0.5, 0.6) is 0 Å². The average Bonchev–Trinajstić information content (AvgIpc) is 3.04. The molecule has 0 spiro atoms. The maximum atomic E-state index is 11.2. The Morgan fingerprint density at radius 2 is 1.84 bits per heavy atom. The van der Waals surface area contributed by atoms with Crippen LogP contribution in [-0.2, 0) is 4.79 Å². The molecule has 6 heteroatoms. The van der Waals surface area contributed by atoms with Gasteiger partial charge in [0.05, 0.1) is 11.4 Å². The molecule has 0 atom stereocenters. The molecule has 1 aromatic heterocycles. The van der Waals surface area contributed by atoms with Crippen molar-refractivity contribution in [3.05, 3.63) is 76.4 Å². The number of halogens is 1. The number of carboxylic acid groups (broad SMARTS) is 1. The van der Waals surface area contributed by atoms with Crippen LogP contribution in [0.2, 0.25) is 0 Å². The van der Waals surface area contributed by atoms with E-state index in [1.165, 1.54) is 6.08 Å². The topological polar surface area (TPSA) is 78.9 Å². The third-order valence-corrected chi connectivity index (χ3v) is 4.06. The Balaban J connectivity index is 2.18. The van der Waals surface area contributed by atoms with Gasteiger partial charge in [0.2, 0.25) is 0 Å². The van der Waals surface area contributed by atoms with Gasteiger partial charge in [0.15, 0.2) is 0 Å². The normalized spacial score (nSPS) is 11.1. The lowest BCUT2D eigenvalue weighted by atomic mass is 10.1. The van der Waals surface area contributed by atoms with Gasteiger partial charge in [-0.15, -0.1) is 0 Å². The monoisotopic (exact) mass is 393 g/mol. The number of aromatic nitrogens is 2. The fraction of sp³-hybridized carbons (Fsp3) is 0. The van der Waals surface area contributed by atoms with E-state index in [2.05, 4.69) is 21.0 Å². The Hall–Kier alpha value is -3.17. The zero-order valence-corrected chi connectivity index (χ0v) is 14.5. The first kappa shape index (κ1) is 16.7. The van der Waals surface area contributed by atoms with Crippen molar-refractivity contribution < 1.29 is 9.90 Å². The standard InChI is InChI=1S/C19H12BrN3O2/c20-16-8-6-13(7-9-16)18-15(10-14(11-21)19(24)25)12-23(22-18)17-4-2-1-3-5-17/h1-10,12H,(H,24,25)/b14-10+. The summed E-state index contributed by atoms with van der Waals surface area (Å²) in [5.74, 6) is -1.27. The molecule has 0 saturated heterocycles. The minimum atomic E-state index is -1.27. The molecule has 0 unspecified atom stereocenters. The lowest BCUT2D eigenvalue weighted by Crippen LogP contribution is -1.97. The highest BCUT2D eigenvalue weighted by Crippen LogP contribution is 2.27. The molecule has 2 aromatic carbocycles. The van der Waals surface area contributed by atoms with E-state index >= 15 is 0 Å². The highest BCUT2D eigenvalue weighted by atomic mass is 79.9. The predicted molar refractivity (Wildman–Crippen MR) is 97.9 cm³/mol. The molecule has 122 valence electrons. The summed E-state index contributed by atoms with van der Waals surface area (Å²) in [6.45, 7) is 0. The summed E-state index contributed by atoms with van der Waals surface area (Å²) in [6, 6.07) is 18.7. The van der Waals surface area contributed by atoms with Gasteiger partial charge >= 0.3 is 5.97 Å². The summed E-state index contributed by atoms with van der Waals surface area (Å²) in [5.41, 5.74) is 2.49. The number of nitriles is 1. The van der Waals surface area contributed by atoms with Gasteiger partial charge in [-0.1, -0.05) is 46.3 Å². The fourth-order valence-electron chi connectivity index (χ4n) is 2.34. The minimum absolute atomic E-state index is 0.342. The lowest BCUT2D eigenvalue weighted by Gasteiger charge is -2.01. The van der Waals surface area contributed by atoms with Crippen molar-refractivity contribution in [1.82, 2.24) is 9.78 Å². The maximum absolute atomic E-state index is 11.2. The maximum Gasteiger partial charge on any atom is 0.346 e. The number of hydrogen-bond donors (Lipinski definition) is 1. The van der Waals surface area contributed by atoms with E-state index < -0.39 is 5.97 Å². The summed E-state index contributed by atoms with van der Waals surface area (Å²) in [4.78, 5) is 11.2. The molecule has 0 aliphatic rings. The van der Waals surface area contributed by atoms with Crippen LogP contribution in [0.1, 0.15) is 5.56 Å². The number of nitrogens with zero attached hydrogens (tertiary/aromatic N) is 3. The highest BCUT2D eigenvalue weighted by Gasteiger charge is 2.14. The van der Waals surface area contributed by atoms with Gasteiger partial charge in [-0.05, 0) is 30.3 Å². The highest BCUT2D eigenvalue weighted by molar-refractivity contribution is 9.10. The number of carboxylic acids is 1. The van der Waals surface area contributed by atoms with Crippen molar-refractivity contribution in [3.8, 4) is 23.0 Å². The van der Waals surface area contributed by atoms with Crippen molar-refractivity contribution >= 4 is 28.0 Å². The van der Waals surface area contributed by atoms with Crippen LogP contribution in [-0.4, -0.2) is 20.9 Å².